The Morgan fingerprint density at radius 3 is 2.48 bits per heavy atom. The summed E-state index contributed by atoms with van der Waals surface area (Å²) >= 11 is 0. The zero-order chi connectivity index (χ0) is 15.4. The van der Waals surface area contributed by atoms with Crippen molar-refractivity contribution in [1.82, 2.24) is 9.78 Å². The lowest BCUT2D eigenvalue weighted by molar-refractivity contribution is 0.0991. The first-order valence-electron chi connectivity index (χ1n) is 7.36. The van der Waals surface area contributed by atoms with Crippen LogP contribution in [0.5, 0.6) is 0 Å². The van der Waals surface area contributed by atoms with Crippen LogP contribution in [0.1, 0.15) is 42.4 Å². The van der Waals surface area contributed by atoms with E-state index in [0.29, 0.717) is 12.5 Å². The van der Waals surface area contributed by atoms with Crippen LogP contribution in [0.3, 0.4) is 0 Å². The molecule has 2 rings (SSSR count). The molecule has 0 aliphatic heterocycles. The highest BCUT2D eigenvalue weighted by molar-refractivity contribution is 5.97. The van der Waals surface area contributed by atoms with Gasteiger partial charge in [-0.25, -0.2) is 0 Å². The maximum Gasteiger partial charge on any atom is 0.168 e. The van der Waals surface area contributed by atoms with E-state index in [-0.39, 0.29) is 5.78 Å². The molecule has 112 valence electrons. The molecule has 1 aromatic carbocycles. The van der Waals surface area contributed by atoms with Crippen molar-refractivity contribution in [3.63, 3.8) is 0 Å². The van der Waals surface area contributed by atoms with Gasteiger partial charge in [-0.1, -0.05) is 6.92 Å². The van der Waals surface area contributed by atoms with Gasteiger partial charge in [0.15, 0.2) is 5.78 Å². The van der Waals surface area contributed by atoms with Crippen molar-refractivity contribution in [3.8, 4) is 0 Å². The summed E-state index contributed by atoms with van der Waals surface area (Å²) in [4.78, 5) is 14.3. The van der Waals surface area contributed by atoms with Crippen molar-refractivity contribution >= 4 is 11.5 Å². The van der Waals surface area contributed by atoms with Gasteiger partial charge in [-0.3, -0.25) is 9.48 Å². The summed E-state index contributed by atoms with van der Waals surface area (Å²) in [5.41, 5.74) is 2.66. The normalized spacial score (nSPS) is 12.2. The van der Waals surface area contributed by atoms with Crippen LogP contribution >= 0.6 is 0 Å². The number of aromatic nitrogens is 2. The molecule has 2 aromatic rings. The molecular weight excluding hydrogens is 262 g/mol. The third-order valence-electron chi connectivity index (χ3n) is 3.75. The topological polar surface area (TPSA) is 38.1 Å². The molecular formula is C17H23N3O. The number of rotatable bonds is 6. The molecule has 1 heterocycles. The van der Waals surface area contributed by atoms with Gasteiger partial charge in [-0.05, 0) is 43.7 Å². The summed E-state index contributed by atoms with van der Waals surface area (Å²) in [7, 11) is 3.97. The number of Topliss-reactive ketones (excluding diaryl/α,β-unsaturated/α-hetero) is 1. The zero-order valence-corrected chi connectivity index (χ0v) is 13.2. The van der Waals surface area contributed by atoms with Gasteiger partial charge in [0.1, 0.15) is 0 Å². The smallest absolute Gasteiger partial charge is 0.168 e. The minimum Gasteiger partial charge on any atom is -0.378 e. The van der Waals surface area contributed by atoms with Crippen molar-refractivity contribution in [2.75, 3.05) is 19.0 Å². The van der Waals surface area contributed by atoms with Crippen molar-refractivity contribution in [2.24, 2.45) is 0 Å². The lowest BCUT2D eigenvalue weighted by atomic mass is 10.1. The molecule has 1 aromatic heterocycles. The Morgan fingerprint density at radius 1 is 1.24 bits per heavy atom. The summed E-state index contributed by atoms with van der Waals surface area (Å²) in [5, 5.41) is 4.48. The van der Waals surface area contributed by atoms with Gasteiger partial charge in [-0.2, -0.15) is 5.10 Å². The van der Waals surface area contributed by atoms with Gasteiger partial charge < -0.3 is 4.90 Å². The Hall–Kier alpha value is -2.10. The number of benzene rings is 1. The predicted octanol–water partition coefficient (Wildman–Crippen LogP) is 3.35. The first-order valence-corrected chi connectivity index (χ1v) is 7.36. The van der Waals surface area contributed by atoms with E-state index in [0.717, 1.165) is 23.4 Å². The van der Waals surface area contributed by atoms with E-state index in [9.17, 15) is 4.79 Å². The molecule has 0 aliphatic carbocycles. The van der Waals surface area contributed by atoms with E-state index in [4.69, 9.17) is 0 Å². The average molecular weight is 285 g/mol. The number of hydrogen-bond acceptors (Lipinski definition) is 3. The first kappa shape index (κ1) is 15.3. The summed E-state index contributed by atoms with van der Waals surface area (Å²) in [6, 6.07) is 9.98. The van der Waals surface area contributed by atoms with Gasteiger partial charge in [0.25, 0.3) is 0 Å². The molecule has 0 aliphatic rings. The third kappa shape index (κ3) is 3.72. The molecule has 0 saturated carbocycles. The molecule has 0 spiro atoms. The fourth-order valence-corrected chi connectivity index (χ4v) is 2.12. The van der Waals surface area contributed by atoms with E-state index in [1.807, 2.05) is 60.2 Å². The van der Waals surface area contributed by atoms with Crippen molar-refractivity contribution in [2.45, 2.75) is 32.7 Å². The molecule has 0 fully saturated rings. The Bertz CT molecular complexity index is 599. The number of carbonyl (C=O) groups excluding carboxylic acids is 1. The molecule has 1 atom stereocenters. The van der Waals surface area contributed by atoms with Crippen molar-refractivity contribution in [3.05, 3.63) is 47.8 Å². The van der Waals surface area contributed by atoms with E-state index < -0.39 is 0 Å². The SMILES string of the molecule is CCC(C)n1ccc(CC(=O)c2ccc(N(C)C)cc2)n1. The molecule has 4 heteroatoms. The number of nitrogens with zero attached hydrogens (tertiary/aromatic N) is 3. The van der Waals surface area contributed by atoms with Gasteiger partial charge in [0.2, 0.25) is 0 Å². The van der Waals surface area contributed by atoms with Crippen LogP contribution < -0.4 is 4.90 Å². The minimum absolute atomic E-state index is 0.106. The first-order chi connectivity index (χ1) is 10.0. The predicted molar refractivity (Wildman–Crippen MR) is 86.0 cm³/mol. The molecule has 0 N–H and O–H groups in total. The van der Waals surface area contributed by atoms with Gasteiger partial charge in [0.05, 0.1) is 12.1 Å². The van der Waals surface area contributed by atoms with E-state index >= 15 is 0 Å². The van der Waals surface area contributed by atoms with Crippen LogP contribution in [0, 0.1) is 0 Å². The Kier molecular flexibility index (Phi) is 4.78. The standard InChI is InChI=1S/C17H23N3O/c1-5-13(2)20-11-10-15(18-20)12-17(21)14-6-8-16(9-7-14)19(3)4/h6-11,13H,5,12H2,1-4H3. The van der Waals surface area contributed by atoms with Crippen LogP contribution in [0.15, 0.2) is 36.5 Å². The largest absolute Gasteiger partial charge is 0.378 e. The Balaban J connectivity index is 2.05. The second-order valence-corrected chi connectivity index (χ2v) is 5.59. The highest BCUT2D eigenvalue weighted by Gasteiger charge is 2.11. The molecule has 4 nitrogen and oxygen atoms in total. The number of ketones is 1. The molecule has 0 radical (unpaired) electrons. The summed E-state index contributed by atoms with van der Waals surface area (Å²) in [6.07, 6.45) is 3.33. The fourth-order valence-electron chi connectivity index (χ4n) is 2.12. The zero-order valence-electron chi connectivity index (χ0n) is 13.2. The summed E-state index contributed by atoms with van der Waals surface area (Å²) < 4.78 is 1.93. The van der Waals surface area contributed by atoms with Crippen molar-refractivity contribution < 1.29 is 4.79 Å². The van der Waals surface area contributed by atoms with Crippen LogP contribution in [0.2, 0.25) is 0 Å². The Labute approximate surface area is 126 Å². The number of hydrogen-bond donors (Lipinski definition) is 0. The second-order valence-electron chi connectivity index (χ2n) is 5.59. The average Bonchev–Trinajstić information content (AvgIpc) is 2.95. The lowest BCUT2D eigenvalue weighted by Gasteiger charge is -2.12. The number of anilines is 1. The maximum atomic E-state index is 12.3. The minimum atomic E-state index is 0.106. The van der Waals surface area contributed by atoms with Crippen LogP contribution in [0.4, 0.5) is 5.69 Å². The van der Waals surface area contributed by atoms with Gasteiger partial charge >= 0.3 is 0 Å². The summed E-state index contributed by atoms with van der Waals surface area (Å²) in [5.74, 6) is 0.106. The Morgan fingerprint density at radius 2 is 1.90 bits per heavy atom. The van der Waals surface area contributed by atoms with E-state index in [2.05, 4.69) is 18.9 Å². The van der Waals surface area contributed by atoms with Crippen LogP contribution in [0.25, 0.3) is 0 Å². The van der Waals surface area contributed by atoms with Gasteiger partial charge in [-0.15, -0.1) is 0 Å². The van der Waals surface area contributed by atoms with E-state index in [1.165, 1.54) is 0 Å². The monoisotopic (exact) mass is 285 g/mol. The maximum absolute atomic E-state index is 12.3. The molecule has 1 unspecified atom stereocenters. The lowest BCUT2D eigenvalue weighted by Crippen LogP contribution is -2.10. The highest BCUT2D eigenvalue weighted by atomic mass is 16.1. The molecule has 0 amide bonds. The van der Waals surface area contributed by atoms with Crippen LogP contribution in [-0.4, -0.2) is 29.7 Å². The van der Waals surface area contributed by atoms with Crippen molar-refractivity contribution in [1.29, 1.82) is 0 Å². The van der Waals surface area contributed by atoms with Gasteiger partial charge in [0, 0.05) is 37.6 Å². The fraction of sp³-hybridized carbons (Fsp3) is 0.412. The summed E-state index contributed by atoms with van der Waals surface area (Å²) in [6.45, 7) is 4.25. The second kappa shape index (κ2) is 6.57. The quantitative estimate of drug-likeness (QED) is 0.764. The molecule has 21 heavy (non-hydrogen) atoms. The van der Waals surface area contributed by atoms with Crippen LogP contribution in [-0.2, 0) is 6.42 Å². The van der Waals surface area contributed by atoms with E-state index in [1.54, 1.807) is 0 Å². The highest BCUT2D eigenvalue weighted by Crippen LogP contribution is 2.15. The molecule has 0 bridgehead atoms. The molecule has 0 saturated heterocycles. The third-order valence-corrected chi connectivity index (χ3v) is 3.75. The number of carbonyl (C=O) groups is 1.